The molecule has 0 amide bonds. The first-order valence-electron chi connectivity index (χ1n) is 5.45. The van der Waals surface area contributed by atoms with E-state index in [0.717, 1.165) is 0 Å². The van der Waals surface area contributed by atoms with E-state index in [-0.39, 0.29) is 18.2 Å². The van der Waals surface area contributed by atoms with E-state index in [0.29, 0.717) is 26.2 Å². The van der Waals surface area contributed by atoms with Gasteiger partial charge in [0.25, 0.3) is 0 Å². The molecule has 0 aliphatic rings. The maximum absolute atomic E-state index is 11.1. The fourth-order valence-electron chi connectivity index (χ4n) is 1.05. The van der Waals surface area contributed by atoms with Gasteiger partial charge in [0.05, 0.1) is 38.4 Å². The molecule has 0 fully saturated rings. The first-order valence-corrected chi connectivity index (χ1v) is 5.45. The van der Waals surface area contributed by atoms with Crippen molar-refractivity contribution in [2.75, 3.05) is 19.8 Å². The molecule has 1 unspecified atom stereocenters. The van der Waals surface area contributed by atoms with Crippen molar-refractivity contribution in [1.29, 1.82) is 0 Å². The Balaban J connectivity index is 3.40. The molecular weight excluding hydrogens is 196 g/mol. The first-order chi connectivity index (χ1) is 7.06. The largest absolute Gasteiger partial charge is 0.466 e. The number of hydrogen-bond acceptors (Lipinski definition) is 4. The molecule has 0 N–H and O–H groups in total. The van der Waals surface area contributed by atoms with E-state index in [4.69, 9.17) is 14.2 Å². The van der Waals surface area contributed by atoms with Crippen molar-refractivity contribution in [3.05, 3.63) is 0 Å². The minimum atomic E-state index is -0.213. The third kappa shape index (κ3) is 9.69. The highest BCUT2D eigenvalue weighted by Gasteiger charge is 2.09. The van der Waals surface area contributed by atoms with Gasteiger partial charge in [-0.2, -0.15) is 0 Å². The molecule has 4 nitrogen and oxygen atoms in total. The fourth-order valence-corrected chi connectivity index (χ4v) is 1.05. The smallest absolute Gasteiger partial charge is 0.308 e. The molecule has 90 valence electrons. The molecule has 0 radical (unpaired) electrons. The Bertz CT molecular complexity index is 168. The zero-order chi connectivity index (χ0) is 11.7. The van der Waals surface area contributed by atoms with Gasteiger partial charge in [-0.15, -0.1) is 0 Å². The highest BCUT2D eigenvalue weighted by molar-refractivity contribution is 5.69. The molecule has 0 spiro atoms. The Hall–Kier alpha value is -0.610. The average molecular weight is 218 g/mol. The van der Waals surface area contributed by atoms with Crippen molar-refractivity contribution in [3.63, 3.8) is 0 Å². The summed E-state index contributed by atoms with van der Waals surface area (Å²) in [6, 6.07) is 0. The van der Waals surface area contributed by atoms with Crippen LogP contribution in [0.3, 0.4) is 0 Å². The summed E-state index contributed by atoms with van der Waals surface area (Å²) in [7, 11) is 0. The first kappa shape index (κ1) is 14.4. The van der Waals surface area contributed by atoms with E-state index in [9.17, 15) is 4.79 Å². The van der Waals surface area contributed by atoms with E-state index < -0.39 is 0 Å². The van der Waals surface area contributed by atoms with Gasteiger partial charge in [-0.1, -0.05) is 0 Å². The summed E-state index contributed by atoms with van der Waals surface area (Å²) in [5, 5.41) is 0. The number of carbonyl (C=O) groups excluding carboxylic acids is 1. The van der Waals surface area contributed by atoms with Crippen LogP contribution in [0.25, 0.3) is 0 Å². The van der Waals surface area contributed by atoms with Crippen LogP contribution in [0.4, 0.5) is 0 Å². The lowest BCUT2D eigenvalue weighted by molar-refractivity contribution is -0.146. The zero-order valence-corrected chi connectivity index (χ0v) is 10.1. The van der Waals surface area contributed by atoms with Crippen LogP contribution < -0.4 is 0 Å². The van der Waals surface area contributed by atoms with Gasteiger partial charge < -0.3 is 14.2 Å². The number of hydrogen-bond donors (Lipinski definition) is 0. The van der Waals surface area contributed by atoms with Crippen molar-refractivity contribution in [3.8, 4) is 0 Å². The summed E-state index contributed by atoms with van der Waals surface area (Å²) in [5.41, 5.74) is 0. The number of carbonyl (C=O) groups is 1. The molecule has 0 heterocycles. The molecule has 0 aromatic rings. The Labute approximate surface area is 91.9 Å². The van der Waals surface area contributed by atoms with Gasteiger partial charge in [-0.25, -0.2) is 0 Å². The number of esters is 1. The minimum absolute atomic E-state index is 0.111. The van der Waals surface area contributed by atoms with Crippen LogP contribution in [0.5, 0.6) is 0 Å². The van der Waals surface area contributed by atoms with Crippen molar-refractivity contribution >= 4 is 5.97 Å². The standard InChI is InChI=1S/C11H22O4/c1-5-13-11(12)8-10(4)15-7-6-14-9(2)3/h9-10H,5-8H2,1-4H3. The SMILES string of the molecule is CCOC(=O)CC(C)OCCOC(C)C. The lowest BCUT2D eigenvalue weighted by Crippen LogP contribution is -2.19. The summed E-state index contributed by atoms with van der Waals surface area (Å²) in [4.78, 5) is 11.1. The van der Waals surface area contributed by atoms with Crippen LogP contribution in [0.15, 0.2) is 0 Å². The van der Waals surface area contributed by atoms with Crippen molar-refractivity contribution in [2.24, 2.45) is 0 Å². The van der Waals surface area contributed by atoms with E-state index in [1.165, 1.54) is 0 Å². The Morgan fingerprint density at radius 1 is 1.13 bits per heavy atom. The average Bonchev–Trinajstić information content (AvgIpc) is 2.12. The van der Waals surface area contributed by atoms with Gasteiger partial charge in [0.2, 0.25) is 0 Å². The third-order valence-corrected chi connectivity index (χ3v) is 1.70. The lowest BCUT2D eigenvalue weighted by Gasteiger charge is -2.13. The van der Waals surface area contributed by atoms with Crippen LogP contribution in [0, 0.1) is 0 Å². The van der Waals surface area contributed by atoms with E-state index >= 15 is 0 Å². The molecule has 0 aliphatic heterocycles. The molecule has 4 heteroatoms. The van der Waals surface area contributed by atoms with Gasteiger partial charge in [0, 0.05) is 0 Å². The predicted octanol–water partition coefficient (Wildman–Crippen LogP) is 1.77. The fraction of sp³-hybridized carbons (Fsp3) is 0.909. The summed E-state index contributed by atoms with van der Waals surface area (Å²) < 4.78 is 15.5. The molecule has 0 aromatic carbocycles. The molecule has 1 atom stereocenters. The van der Waals surface area contributed by atoms with Gasteiger partial charge in [-0.05, 0) is 27.7 Å². The molecule has 0 aromatic heterocycles. The minimum Gasteiger partial charge on any atom is -0.466 e. The van der Waals surface area contributed by atoms with Gasteiger partial charge in [-0.3, -0.25) is 4.79 Å². The Morgan fingerprint density at radius 3 is 2.27 bits per heavy atom. The normalized spacial score (nSPS) is 12.9. The summed E-state index contributed by atoms with van der Waals surface area (Å²) in [5.74, 6) is -0.213. The van der Waals surface area contributed by atoms with E-state index in [1.807, 2.05) is 20.8 Å². The Kier molecular flexibility index (Phi) is 8.33. The molecule has 0 rings (SSSR count). The summed E-state index contributed by atoms with van der Waals surface area (Å²) in [6.07, 6.45) is 0.406. The van der Waals surface area contributed by atoms with Crippen molar-refractivity contribution in [2.45, 2.75) is 46.3 Å². The van der Waals surface area contributed by atoms with Gasteiger partial charge in [0.1, 0.15) is 0 Å². The van der Waals surface area contributed by atoms with Crippen molar-refractivity contribution < 1.29 is 19.0 Å². The summed E-state index contributed by atoms with van der Waals surface area (Å²) in [6.45, 7) is 9.09. The number of rotatable bonds is 8. The molecule has 0 saturated carbocycles. The zero-order valence-electron chi connectivity index (χ0n) is 10.1. The van der Waals surface area contributed by atoms with E-state index in [2.05, 4.69) is 0 Å². The third-order valence-electron chi connectivity index (χ3n) is 1.70. The predicted molar refractivity (Wildman–Crippen MR) is 57.8 cm³/mol. The second kappa shape index (κ2) is 8.68. The molecule has 0 saturated heterocycles. The van der Waals surface area contributed by atoms with Crippen LogP contribution in [-0.4, -0.2) is 38.0 Å². The van der Waals surface area contributed by atoms with E-state index in [1.54, 1.807) is 6.92 Å². The van der Waals surface area contributed by atoms with Crippen LogP contribution in [0.1, 0.15) is 34.1 Å². The maximum Gasteiger partial charge on any atom is 0.308 e. The topological polar surface area (TPSA) is 44.8 Å². The van der Waals surface area contributed by atoms with Gasteiger partial charge in [0.15, 0.2) is 0 Å². The molecule has 15 heavy (non-hydrogen) atoms. The monoisotopic (exact) mass is 218 g/mol. The summed E-state index contributed by atoms with van der Waals surface area (Å²) >= 11 is 0. The highest BCUT2D eigenvalue weighted by atomic mass is 16.5. The van der Waals surface area contributed by atoms with Crippen LogP contribution >= 0.6 is 0 Å². The molecule has 0 bridgehead atoms. The van der Waals surface area contributed by atoms with Gasteiger partial charge >= 0.3 is 5.97 Å². The second-order valence-corrected chi connectivity index (χ2v) is 3.61. The Morgan fingerprint density at radius 2 is 1.73 bits per heavy atom. The van der Waals surface area contributed by atoms with Crippen LogP contribution in [0.2, 0.25) is 0 Å². The molecule has 0 aliphatic carbocycles. The molecular formula is C11H22O4. The van der Waals surface area contributed by atoms with Crippen LogP contribution in [-0.2, 0) is 19.0 Å². The number of ether oxygens (including phenoxy) is 3. The quantitative estimate of drug-likeness (QED) is 0.460. The highest BCUT2D eigenvalue weighted by Crippen LogP contribution is 1.99. The maximum atomic E-state index is 11.1. The van der Waals surface area contributed by atoms with Crippen molar-refractivity contribution in [1.82, 2.24) is 0 Å². The lowest BCUT2D eigenvalue weighted by atomic mass is 10.3. The second-order valence-electron chi connectivity index (χ2n) is 3.61.